The van der Waals surface area contributed by atoms with Gasteiger partial charge in [-0.1, -0.05) is 19.1 Å². The number of nitro groups is 1. The summed E-state index contributed by atoms with van der Waals surface area (Å²) in [6.07, 6.45) is 0.949. The van der Waals surface area contributed by atoms with Crippen molar-refractivity contribution in [3.05, 3.63) is 56.9 Å². The largest absolute Gasteiger partial charge is 0.303 e. The van der Waals surface area contributed by atoms with E-state index in [1.807, 2.05) is 30.8 Å². The van der Waals surface area contributed by atoms with E-state index in [1.165, 1.54) is 5.56 Å². The van der Waals surface area contributed by atoms with E-state index < -0.39 is 0 Å². The van der Waals surface area contributed by atoms with Gasteiger partial charge >= 0.3 is 0 Å². The number of rotatable bonds is 6. The highest BCUT2D eigenvalue weighted by Crippen LogP contribution is 2.27. The molecule has 124 valence electrons. The minimum atomic E-state index is -0.376. The van der Waals surface area contributed by atoms with Crippen molar-refractivity contribution in [2.24, 2.45) is 7.05 Å². The zero-order chi connectivity index (χ0) is 17.1. The number of benzene rings is 1. The Labute approximate surface area is 136 Å². The average molecular weight is 316 g/mol. The molecule has 0 saturated heterocycles. The number of aromatic nitrogens is 2. The molecule has 0 amide bonds. The molecule has 6 heteroatoms. The van der Waals surface area contributed by atoms with E-state index in [0.29, 0.717) is 0 Å². The van der Waals surface area contributed by atoms with Gasteiger partial charge in [-0.3, -0.25) is 14.8 Å². The van der Waals surface area contributed by atoms with Crippen LogP contribution in [0.4, 0.5) is 5.69 Å². The SMILES string of the molecule is CC[C@@H](N[C@@H](C)c1ccc([N+](=O)[O-])cc1)c1c(C)nn(C)c1C. The quantitative estimate of drug-likeness (QED) is 0.650. The molecule has 2 aromatic rings. The van der Waals surface area contributed by atoms with Crippen molar-refractivity contribution in [1.29, 1.82) is 0 Å². The lowest BCUT2D eigenvalue weighted by Gasteiger charge is -2.23. The van der Waals surface area contributed by atoms with Crippen molar-refractivity contribution in [3.63, 3.8) is 0 Å². The van der Waals surface area contributed by atoms with Crippen LogP contribution >= 0.6 is 0 Å². The van der Waals surface area contributed by atoms with E-state index >= 15 is 0 Å². The monoisotopic (exact) mass is 316 g/mol. The maximum atomic E-state index is 10.7. The first kappa shape index (κ1) is 17.1. The van der Waals surface area contributed by atoms with E-state index in [2.05, 4.69) is 31.2 Å². The molecule has 1 aromatic carbocycles. The van der Waals surface area contributed by atoms with Crippen LogP contribution in [-0.2, 0) is 7.05 Å². The van der Waals surface area contributed by atoms with Crippen LogP contribution in [0.2, 0.25) is 0 Å². The number of non-ortho nitro benzene ring substituents is 1. The smallest absolute Gasteiger partial charge is 0.269 e. The highest BCUT2D eigenvalue weighted by atomic mass is 16.6. The molecule has 23 heavy (non-hydrogen) atoms. The number of nitrogens with zero attached hydrogens (tertiary/aromatic N) is 3. The van der Waals surface area contributed by atoms with Crippen LogP contribution < -0.4 is 5.32 Å². The van der Waals surface area contributed by atoms with Crippen molar-refractivity contribution in [2.45, 2.75) is 46.2 Å². The summed E-state index contributed by atoms with van der Waals surface area (Å²) in [7, 11) is 1.96. The Morgan fingerprint density at radius 3 is 2.35 bits per heavy atom. The molecule has 0 saturated carbocycles. The number of nitrogens with one attached hydrogen (secondary N) is 1. The molecule has 0 unspecified atom stereocenters. The normalized spacial score (nSPS) is 13.8. The predicted octanol–water partition coefficient (Wildman–Crippen LogP) is 3.75. The summed E-state index contributed by atoms with van der Waals surface area (Å²) < 4.78 is 1.91. The molecule has 1 aromatic heterocycles. The van der Waals surface area contributed by atoms with Gasteiger partial charge in [0.25, 0.3) is 5.69 Å². The molecule has 0 aliphatic heterocycles. The van der Waals surface area contributed by atoms with Crippen LogP contribution in [0.3, 0.4) is 0 Å². The number of aryl methyl sites for hydroxylation is 2. The fourth-order valence-corrected chi connectivity index (χ4v) is 2.98. The Morgan fingerprint density at radius 2 is 1.91 bits per heavy atom. The lowest BCUT2D eigenvalue weighted by atomic mass is 9.99. The fraction of sp³-hybridized carbons (Fsp3) is 0.471. The maximum absolute atomic E-state index is 10.7. The number of hydrogen-bond donors (Lipinski definition) is 1. The highest BCUT2D eigenvalue weighted by Gasteiger charge is 2.21. The van der Waals surface area contributed by atoms with Gasteiger partial charge in [0.05, 0.1) is 10.6 Å². The van der Waals surface area contributed by atoms with Crippen molar-refractivity contribution in [1.82, 2.24) is 15.1 Å². The zero-order valence-electron chi connectivity index (χ0n) is 14.3. The Balaban J connectivity index is 2.19. The van der Waals surface area contributed by atoms with E-state index in [9.17, 15) is 10.1 Å². The summed E-state index contributed by atoms with van der Waals surface area (Å²) in [5, 5.41) is 18.9. The minimum Gasteiger partial charge on any atom is -0.303 e. The van der Waals surface area contributed by atoms with E-state index in [0.717, 1.165) is 23.4 Å². The first-order chi connectivity index (χ1) is 10.8. The molecular formula is C17H24N4O2. The van der Waals surface area contributed by atoms with Gasteiger partial charge in [-0.05, 0) is 32.8 Å². The van der Waals surface area contributed by atoms with Crippen molar-refractivity contribution in [2.75, 3.05) is 0 Å². The molecule has 6 nitrogen and oxygen atoms in total. The van der Waals surface area contributed by atoms with Gasteiger partial charge < -0.3 is 5.32 Å². The van der Waals surface area contributed by atoms with Crippen LogP contribution in [0.5, 0.6) is 0 Å². The first-order valence-electron chi connectivity index (χ1n) is 7.85. The third kappa shape index (κ3) is 3.59. The molecule has 1 heterocycles. The maximum Gasteiger partial charge on any atom is 0.269 e. The van der Waals surface area contributed by atoms with Gasteiger partial charge in [0, 0.05) is 42.5 Å². The second kappa shape index (κ2) is 6.91. The Kier molecular flexibility index (Phi) is 5.15. The van der Waals surface area contributed by atoms with Crippen LogP contribution in [-0.4, -0.2) is 14.7 Å². The summed E-state index contributed by atoms with van der Waals surface area (Å²) in [6, 6.07) is 7.02. The lowest BCUT2D eigenvalue weighted by molar-refractivity contribution is -0.384. The van der Waals surface area contributed by atoms with E-state index in [4.69, 9.17) is 0 Å². The molecule has 0 radical (unpaired) electrons. The Hall–Kier alpha value is -2.21. The summed E-state index contributed by atoms with van der Waals surface area (Å²) in [5.41, 5.74) is 4.60. The van der Waals surface area contributed by atoms with E-state index in [1.54, 1.807) is 12.1 Å². The van der Waals surface area contributed by atoms with Crippen LogP contribution in [0.1, 0.15) is 54.9 Å². The molecule has 0 bridgehead atoms. The molecule has 1 N–H and O–H groups in total. The molecule has 2 atom stereocenters. The highest BCUT2D eigenvalue weighted by molar-refractivity contribution is 5.34. The van der Waals surface area contributed by atoms with Gasteiger partial charge in [-0.25, -0.2) is 0 Å². The molecule has 2 rings (SSSR count). The van der Waals surface area contributed by atoms with Crippen molar-refractivity contribution in [3.8, 4) is 0 Å². The molecular weight excluding hydrogens is 292 g/mol. The minimum absolute atomic E-state index is 0.0970. The van der Waals surface area contributed by atoms with Gasteiger partial charge in [-0.15, -0.1) is 0 Å². The second-order valence-electron chi connectivity index (χ2n) is 5.91. The Morgan fingerprint density at radius 1 is 1.30 bits per heavy atom. The van der Waals surface area contributed by atoms with E-state index in [-0.39, 0.29) is 22.7 Å². The first-order valence-corrected chi connectivity index (χ1v) is 7.85. The standard InChI is InChI=1S/C17H24N4O2/c1-6-16(17-12(3)19-20(5)13(17)4)18-11(2)14-7-9-15(10-8-14)21(22)23/h7-11,16,18H,6H2,1-5H3/t11-,16+/m0/s1. The fourth-order valence-electron chi connectivity index (χ4n) is 2.98. The lowest BCUT2D eigenvalue weighted by Crippen LogP contribution is -2.25. The molecule has 0 aliphatic rings. The Bertz CT molecular complexity index is 691. The van der Waals surface area contributed by atoms with Gasteiger partial charge in [0.2, 0.25) is 0 Å². The molecule has 0 fully saturated rings. The summed E-state index contributed by atoms with van der Waals surface area (Å²) in [6.45, 7) is 8.33. The predicted molar refractivity (Wildman–Crippen MR) is 90.4 cm³/mol. The summed E-state index contributed by atoms with van der Waals surface area (Å²) in [5.74, 6) is 0. The summed E-state index contributed by atoms with van der Waals surface area (Å²) in [4.78, 5) is 10.4. The topological polar surface area (TPSA) is 73.0 Å². The van der Waals surface area contributed by atoms with Crippen molar-refractivity contribution >= 4 is 5.69 Å². The molecule has 0 aliphatic carbocycles. The van der Waals surface area contributed by atoms with Crippen LogP contribution in [0.15, 0.2) is 24.3 Å². The van der Waals surface area contributed by atoms with Gasteiger partial charge in [0.15, 0.2) is 0 Å². The van der Waals surface area contributed by atoms with Crippen LogP contribution in [0.25, 0.3) is 0 Å². The average Bonchev–Trinajstić information content (AvgIpc) is 2.78. The van der Waals surface area contributed by atoms with Crippen LogP contribution in [0, 0.1) is 24.0 Å². The zero-order valence-corrected chi connectivity index (χ0v) is 14.3. The number of nitro benzene ring substituents is 1. The third-order valence-electron chi connectivity index (χ3n) is 4.38. The van der Waals surface area contributed by atoms with Crippen molar-refractivity contribution < 1.29 is 4.92 Å². The number of hydrogen-bond acceptors (Lipinski definition) is 4. The van der Waals surface area contributed by atoms with Gasteiger partial charge in [-0.2, -0.15) is 5.10 Å². The second-order valence-corrected chi connectivity index (χ2v) is 5.91. The molecule has 0 spiro atoms. The summed E-state index contributed by atoms with van der Waals surface area (Å²) >= 11 is 0. The third-order valence-corrected chi connectivity index (χ3v) is 4.38. The van der Waals surface area contributed by atoms with Gasteiger partial charge in [0.1, 0.15) is 0 Å².